The summed E-state index contributed by atoms with van der Waals surface area (Å²) in [6.45, 7) is 6.95. The van der Waals surface area contributed by atoms with Crippen molar-refractivity contribution in [1.29, 1.82) is 0 Å². The minimum atomic E-state index is -0.726. The molecule has 0 radical (unpaired) electrons. The third-order valence-electron chi connectivity index (χ3n) is 3.94. The van der Waals surface area contributed by atoms with Crippen molar-refractivity contribution in [3.8, 4) is 0 Å². The lowest BCUT2D eigenvalue weighted by molar-refractivity contribution is -0.112. The Bertz CT molecular complexity index is 778. The Morgan fingerprint density at radius 1 is 0.920 bits per heavy atom. The summed E-state index contributed by atoms with van der Waals surface area (Å²) in [7, 11) is 0. The molecule has 0 bridgehead atoms. The van der Waals surface area contributed by atoms with Gasteiger partial charge in [-0.05, 0) is 39.0 Å². The first-order valence-corrected chi connectivity index (χ1v) is 8.28. The van der Waals surface area contributed by atoms with E-state index in [1.165, 1.54) is 0 Å². The summed E-state index contributed by atoms with van der Waals surface area (Å²) >= 11 is 0. The number of nitrogens with one attached hydrogen (secondary N) is 1. The molecule has 0 atom stereocenters. The fourth-order valence-electron chi connectivity index (χ4n) is 2.45. The Morgan fingerprint density at radius 3 is 2.16 bits per heavy atom. The van der Waals surface area contributed by atoms with Gasteiger partial charge in [0.25, 0.3) is 17.6 Å². The molecule has 0 aliphatic heterocycles. The minimum Gasteiger partial charge on any atom is -0.339 e. The van der Waals surface area contributed by atoms with Crippen LogP contribution in [0.1, 0.15) is 40.1 Å². The number of carbonyl (C=O) groups is 3. The van der Waals surface area contributed by atoms with Crippen molar-refractivity contribution in [2.45, 2.75) is 20.8 Å². The second-order valence-corrected chi connectivity index (χ2v) is 5.71. The molecule has 2 amide bonds. The molecule has 1 N–H and O–H groups in total. The average Bonchev–Trinajstić information content (AvgIpc) is 2.63. The fraction of sp³-hybridized carbons (Fsp3) is 0.250. The number of ketones is 1. The van der Waals surface area contributed by atoms with Crippen LogP contribution in [0.15, 0.2) is 48.5 Å². The van der Waals surface area contributed by atoms with Gasteiger partial charge in [0.05, 0.1) is 0 Å². The SMILES string of the molecule is CCN(CC)C(=O)c1cccc(NC(=O)C(=O)c2ccc(C)cc2)c1. The van der Waals surface area contributed by atoms with Crippen molar-refractivity contribution in [2.24, 2.45) is 0 Å². The van der Waals surface area contributed by atoms with Crippen LogP contribution < -0.4 is 5.32 Å². The Kier molecular flexibility index (Phi) is 6.06. The molecule has 0 fully saturated rings. The van der Waals surface area contributed by atoms with Gasteiger partial charge in [-0.3, -0.25) is 14.4 Å². The maximum absolute atomic E-state index is 12.4. The molecule has 2 aromatic carbocycles. The van der Waals surface area contributed by atoms with Crippen LogP contribution in [0.2, 0.25) is 0 Å². The highest BCUT2D eigenvalue weighted by atomic mass is 16.2. The Morgan fingerprint density at radius 2 is 1.56 bits per heavy atom. The van der Waals surface area contributed by atoms with Crippen LogP contribution in [-0.4, -0.2) is 35.6 Å². The topological polar surface area (TPSA) is 66.5 Å². The van der Waals surface area contributed by atoms with Crippen molar-refractivity contribution in [3.63, 3.8) is 0 Å². The first-order chi connectivity index (χ1) is 12.0. The summed E-state index contributed by atoms with van der Waals surface area (Å²) in [4.78, 5) is 38.4. The highest BCUT2D eigenvalue weighted by Gasteiger charge is 2.17. The molecular weight excluding hydrogens is 316 g/mol. The molecule has 0 spiro atoms. The van der Waals surface area contributed by atoms with Gasteiger partial charge in [0, 0.05) is 29.9 Å². The molecule has 130 valence electrons. The standard InChI is InChI=1S/C20H22N2O3/c1-4-22(5-2)20(25)16-7-6-8-17(13-16)21-19(24)18(23)15-11-9-14(3)10-12-15/h6-13H,4-5H2,1-3H3,(H,21,24). The van der Waals surface area contributed by atoms with Crippen LogP contribution in [0.5, 0.6) is 0 Å². The van der Waals surface area contributed by atoms with Gasteiger partial charge in [-0.2, -0.15) is 0 Å². The molecule has 2 rings (SSSR count). The zero-order chi connectivity index (χ0) is 18.4. The molecular formula is C20H22N2O3. The normalized spacial score (nSPS) is 10.2. The fourth-order valence-corrected chi connectivity index (χ4v) is 2.45. The van der Waals surface area contributed by atoms with E-state index >= 15 is 0 Å². The smallest absolute Gasteiger partial charge is 0.296 e. The molecule has 0 saturated heterocycles. The molecule has 0 saturated carbocycles. The highest BCUT2D eigenvalue weighted by Crippen LogP contribution is 2.14. The second kappa shape index (κ2) is 8.24. The Labute approximate surface area is 147 Å². The molecule has 2 aromatic rings. The summed E-state index contributed by atoms with van der Waals surface area (Å²) in [6, 6.07) is 13.4. The summed E-state index contributed by atoms with van der Waals surface area (Å²) in [5.41, 5.74) is 2.24. The van der Waals surface area contributed by atoms with Crippen LogP contribution in [0.3, 0.4) is 0 Å². The van der Waals surface area contributed by atoms with Crippen LogP contribution in [0.25, 0.3) is 0 Å². The number of aryl methyl sites for hydroxylation is 1. The van der Waals surface area contributed by atoms with E-state index in [9.17, 15) is 14.4 Å². The van der Waals surface area contributed by atoms with Crippen LogP contribution in [0, 0.1) is 6.92 Å². The zero-order valence-electron chi connectivity index (χ0n) is 14.7. The quantitative estimate of drug-likeness (QED) is 0.649. The third kappa shape index (κ3) is 4.53. The number of hydrogen-bond acceptors (Lipinski definition) is 3. The number of anilines is 1. The predicted octanol–water partition coefficient (Wildman–Crippen LogP) is 3.30. The van der Waals surface area contributed by atoms with Gasteiger partial charge in [0.1, 0.15) is 0 Å². The van der Waals surface area contributed by atoms with Crippen LogP contribution >= 0.6 is 0 Å². The Hall–Kier alpha value is -2.95. The number of nitrogens with zero attached hydrogens (tertiary/aromatic N) is 1. The number of benzene rings is 2. The number of carbonyl (C=O) groups excluding carboxylic acids is 3. The third-order valence-corrected chi connectivity index (χ3v) is 3.94. The molecule has 0 aliphatic carbocycles. The van der Waals surface area contributed by atoms with Gasteiger partial charge >= 0.3 is 0 Å². The zero-order valence-corrected chi connectivity index (χ0v) is 14.7. The summed E-state index contributed by atoms with van der Waals surface area (Å²) < 4.78 is 0. The summed E-state index contributed by atoms with van der Waals surface area (Å²) in [5, 5.41) is 2.57. The van der Waals surface area contributed by atoms with E-state index in [1.807, 2.05) is 20.8 Å². The van der Waals surface area contributed by atoms with E-state index in [0.29, 0.717) is 29.9 Å². The van der Waals surface area contributed by atoms with E-state index in [-0.39, 0.29) is 5.91 Å². The largest absolute Gasteiger partial charge is 0.339 e. The molecule has 25 heavy (non-hydrogen) atoms. The number of Topliss-reactive ketones (excluding diaryl/α,β-unsaturated/α-hetero) is 1. The van der Waals surface area contributed by atoms with Crippen LogP contribution in [0.4, 0.5) is 5.69 Å². The van der Waals surface area contributed by atoms with Crippen molar-refractivity contribution in [1.82, 2.24) is 4.90 Å². The molecule has 0 aliphatic rings. The molecule has 5 heteroatoms. The lowest BCUT2D eigenvalue weighted by Crippen LogP contribution is -2.30. The van der Waals surface area contributed by atoms with Gasteiger partial charge < -0.3 is 10.2 Å². The van der Waals surface area contributed by atoms with Crippen molar-refractivity contribution in [2.75, 3.05) is 18.4 Å². The number of amides is 2. The van der Waals surface area contributed by atoms with Crippen LogP contribution in [-0.2, 0) is 4.79 Å². The van der Waals surface area contributed by atoms with Gasteiger partial charge in [-0.25, -0.2) is 0 Å². The molecule has 0 unspecified atom stereocenters. The van der Waals surface area contributed by atoms with Crippen molar-refractivity contribution in [3.05, 3.63) is 65.2 Å². The average molecular weight is 338 g/mol. The lowest BCUT2D eigenvalue weighted by atomic mass is 10.1. The van der Waals surface area contributed by atoms with Gasteiger partial charge in [-0.15, -0.1) is 0 Å². The van der Waals surface area contributed by atoms with E-state index in [0.717, 1.165) is 5.56 Å². The van der Waals surface area contributed by atoms with E-state index in [1.54, 1.807) is 53.4 Å². The number of rotatable bonds is 6. The molecule has 0 aromatic heterocycles. The summed E-state index contributed by atoms with van der Waals surface area (Å²) in [6.07, 6.45) is 0. The highest BCUT2D eigenvalue weighted by molar-refractivity contribution is 6.46. The molecule has 5 nitrogen and oxygen atoms in total. The monoisotopic (exact) mass is 338 g/mol. The maximum atomic E-state index is 12.4. The predicted molar refractivity (Wildman–Crippen MR) is 97.8 cm³/mol. The van der Waals surface area contributed by atoms with E-state index < -0.39 is 11.7 Å². The van der Waals surface area contributed by atoms with Crippen molar-refractivity contribution < 1.29 is 14.4 Å². The van der Waals surface area contributed by atoms with E-state index in [4.69, 9.17) is 0 Å². The number of hydrogen-bond donors (Lipinski definition) is 1. The van der Waals surface area contributed by atoms with Gasteiger partial charge in [-0.1, -0.05) is 35.9 Å². The summed E-state index contributed by atoms with van der Waals surface area (Å²) in [5.74, 6) is -1.44. The second-order valence-electron chi connectivity index (χ2n) is 5.71. The lowest BCUT2D eigenvalue weighted by Gasteiger charge is -2.19. The first-order valence-electron chi connectivity index (χ1n) is 8.28. The molecule has 0 heterocycles. The minimum absolute atomic E-state index is 0.106. The maximum Gasteiger partial charge on any atom is 0.296 e. The van der Waals surface area contributed by atoms with Gasteiger partial charge in [0.15, 0.2) is 0 Å². The Balaban J connectivity index is 2.13. The van der Waals surface area contributed by atoms with Gasteiger partial charge in [0.2, 0.25) is 0 Å². The van der Waals surface area contributed by atoms with Crippen molar-refractivity contribution >= 4 is 23.3 Å². The van der Waals surface area contributed by atoms with E-state index in [2.05, 4.69) is 5.32 Å². The first kappa shape index (κ1) is 18.4.